The maximum atomic E-state index is 12.4. The van der Waals surface area contributed by atoms with Gasteiger partial charge >= 0.3 is 0 Å². The summed E-state index contributed by atoms with van der Waals surface area (Å²) in [5.41, 5.74) is 6.56. The number of nitrogens with two attached hydrogens (primary N) is 1. The third-order valence-corrected chi connectivity index (χ3v) is 3.98. The van der Waals surface area contributed by atoms with Crippen molar-refractivity contribution < 1.29 is 9.59 Å². The van der Waals surface area contributed by atoms with Crippen molar-refractivity contribution in [2.75, 3.05) is 19.6 Å². The number of hydrogen-bond acceptors (Lipinski definition) is 3. The molecule has 1 aliphatic rings. The molecule has 2 rings (SSSR count). The summed E-state index contributed by atoms with van der Waals surface area (Å²) in [6.07, 6.45) is 1.20. The highest BCUT2D eigenvalue weighted by molar-refractivity contribution is 5.81. The summed E-state index contributed by atoms with van der Waals surface area (Å²) in [5.74, 6) is 0.0286. The minimum atomic E-state index is -0.0807. The quantitative estimate of drug-likeness (QED) is 0.898. The summed E-state index contributed by atoms with van der Waals surface area (Å²) in [5, 5.41) is 0. The lowest BCUT2D eigenvalue weighted by Gasteiger charge is -2.31. The fourth-order valence-corrected chi connectivity index (χ4v) is 2.72. The van der Waals surface area contributed by atoms with Crippen LogP contribution in [0.25, 0.3) is 0 Å². The molecule has 0 spiro atoms. The second-order valence-electron chi connectivity index (χ2n) is 5.36. The smallest absolute Gasteiger partial charge is 0.236 e. The van der Waals surface area contributed by atoms with Crippen molar-refractivity contribution >= 4 is 11.8 Å². The fraction of sp³-hybridized carbons (Fsp3) is 0.500. The van der Waals surface area contributed by atoms with Crippen molar-refractivity contribution in [2.24, 2.45) is 5.73 Å². The summed E-state index contributed by atoms with van der Waals surface area (Å²) in [6, 6.07) is 10.0. The maximum absolute atomic E-state index is 12.4. The molecular formula is C16H23N3O2. The topological polar surface area (TPSA) is 66.6 Å². The van der Waals surface area contributed by atoms with Crippen LogP contribution in [0.15, 0.2) is 30.3 Å². The number of carbonyl (C=O) groups is 2. The first-order valence-corrected chi connectivity index (χ1v) is 7.47. The molecule has 1 heterocycles. The lowest BCUT2D eigenvalue weighted by molar-refractivity contribution is -0.133. The van der Waals surface area contributed by atoms with Gasteiger partial charge in [-0.3, -0.25) is 9.59 Å². The SMILES string of the molecule is CC[C@H]1CN(C(=O)CN)CCC(=O)N1Cc1ccccc1. The molecule has 2 amide bonds. The summed E-state index contributed by atoms with van der Waals surface area (Å²) >= 11 is 0. The molecule has 0 aliphatic carbocycles. The Hall–Kier alpha value is -1.88. The zero-order chi connectivity index (χ0) is 15.2. The van der Waals surface area contributed by atoms with Gasteiger partial charge in [0, 0.05) is 32.1 Å². The number of amides is 2. The summed E-state index contributed by atoms with van der Waals surface area (Å²) in [6.45, 7) is 3.69. The monoisotopic (exact) mass is 289 g/mol. The second kappa shape index (κ2) is 7.22. The molecule has 5 nitrogen and oxygen atoms in total. The second-order valence-corrected chi connectivity index (χ2v) is 5.36. The minimum Gasteiger partial charge on any atom is -0.339 e. The summed E-state index contributed by atoms with van der Waals surface area (Å²) in [7, 11) is 0. The van der Waals surface area contributed by atoms with Crippen LogP contribution in [0.1, 0.15) is 25.3 Å². The van der Waals surface area contributed by atoms with E-state index in [0.29, 0.717) is 26.1 Å². The maximum Gasteiger partial charge on any atom is 0.236 e. The summed E-state index contributed by atoms with van der Waals surface area (Å²) in [4.78, 5) is 27.8. The van der Waals surface area contributed by atoms with Gasteiger partial charge in [0.15, 0.2) is 0 Å². The molecule has 5 heteroatoms. The lowest BCUT2D eigenvalue weighted by atomic mass is 10.1. The number of nitrogens with zero attached hydrogens (tertiary/aromatic N) is 2. The normalized spacial score (nSPS) is 19.5. The average molecular weight is 289 g/mol. The van der Waals surface area contributed by atoms with Crippen LogP contribution < -0.4 is 5.73 Å². The summed E-state index contributed by atoms with van der Waals surface area (Å²) < 4.78 is 0. The number of rotatable bonds is 4. The molecule has 114 valence electrons. The molecule has 1 atom stereocenters. The number of hydrogen-bond donors (Lipinski definition) is 1. The first-order chi connectivity index (χ1) is 10.2. The molecule has 0 saturated carbocycles. The van der Waals surface area contributed by atoms with Gasteiger partial charge in [-0.25, -0.2) is 0 Å². The molecule has 1 aromatic rings. The first kappa shape index (κ1) is 15.5. The van der Waals surface area contributed by atoms with Gasteiger partial charge in [0.1, 0.15) is 0 Å². The lowest BCUT2D eigenvalue weighted by Crippen LogP contribution is -2.45. The third kappa shape index (κ3) is 3.82. The average Bonchev–Trinajstić information content (AvgIpc) is 2.68. The van der Waals surface area contributed by atoms with Gasteiger partial charge in [0.05, 0.1) is 6.54 Å². The predicted octanol–water partition coefficient (Wildman–Crippen LogP) is 0.985. The standard InChI is InChI=1S/C16H23N3O2/c1-2-14-12-18(16(21)10-17)9-8-15(20)19(14)11-13-6-4-3-5-7-13/h3-7,14H,2,8-12,17H2,1H3/t14-/m0/s1. The minimum absolute atomic E-state index is 0.00328. The van der Waals surface area contributed by atoms with Crippen molar-refractivity contribution in [3.63, 3.8) is 0 Å². The van der Waals surface area contributed by atoms with Gasteiger partial charge in [0.25, 0.3) is 0 Å². The van der Waals surface area contributed by atoms with E-state index in [-0.39, 0.29) is 24.4 Å². The van der Waals surface area contributed by atoms with E-state index in [1.807, 2.05) is 42.2 Å². The molecule has 1 fully saturated rings. The van der Waals surface area contributed by atoms with E-state index in [0.717, 1.165) is 12.0 Å². The highest BCUT2D eigenvalue weighted by Crippen LogP contribution is 2.17. The van der Waals surface area contributed by atoms with Gasteiger partial charge in [-0.2, -0.15) is 0 Å². The van der Waals surface area contributed by atoms with Crippen LogP contribution in [0.5, 0.6) is 0 Å². The number of benzene rings is 1. The zero-order valence-electron chi connectivity index (χ0n) is 12.5. The molecule has 1 aromatic carbocycles. The van der Waals surface area contributed by atoms with E-state index >= 15 is 0 Å². The molecule has 1 aliphatic heterocycles. The van der Waals surface area contributed by atoms with Crippen LogP contribution in [0.3, 0.4) is 0 Å². The van der Waals surface area contributed by atoms with Crippen LogP contribution >= 0.6 is 0 Å². The van der Waals surface area contributed by atoms with E-state index < -0.39 is 0 Å². The Morgan fingerprint density at radius 3 is 2.67 bits per heavy atom. The largest absolute Gasteiger partial charge is 0.339 e. The van der Waals surface area contributed by atoms with E-state index in [1.54, 1.807) is 4.90 Å². The molecule has 21 heavy (non-hydrogen) atoms. The van der Waals surface area contributed by atoms with Crippen LogP contribution in [0, 0.1) is 0 Å². The molecule has 2 N–H and O–H groups in total. The van der Waals surface area contributed by atoms with Gasteiger partial charge < -0.3 is 15.5 Å². The van der Waals surface area contributed by atoms with Crippen molar-refractivity contribution in [1.82, 2.24) is 9.80 Å². The van der Waals surface area contributed by atoms with Crippen molar-refractivity contribution in [2.45, 2.75) is 32.4 Å². The molecule has 0 bridgehead atoms. The van der Waals surface area contributed by atoms with E-state index in [1.165, 1.54) is 0 Å². The zero-order valence-corrected chi connectivity index (χ0v) is 12.5. The third-order valence-electron chi connectivity index (χ3n) is 3.98. The Balaban J connectivity index is 2.15. The first-order valence-electron chi connectivity index (χ1n) is 7.47. The van der Waals surface area contributed by atoms with Gasteiger partial charge in [0.2, 0.25) is 11.8 Å². The van der Waals surface area contributed by atoms with Crippen LogP contribution in [-0.4, -0.2) is 47.3 Å². The van der Waals surface area contributed by atoms with E-state index in [4.69, 9.17) is 5.73 Å². The van der Waals surface area contributed by atoms with Gasteiger partial charge in [-0.1, -0.05) is 37.3 Å². The molecule has 1 saturated heterocycles. The highest BCUT2D eigenvalue weighted by atomic mass is 16.2. The number of carbonyl (C=O) groups excluding carboxylic acids is 2. The molecule has 0 aromatic heterocycles. The molecule has 0 unspecified atom stereocenters. The van der Waals surface area contributed by atoms with Gasteiger partial charge in [-0.05, 0) is 12.0 Å². The Morgan fingerprint density at radius 2 is 2.05 bits per heavy atom. The van der Waals surface area contributed by atoms with Crippen LogP contribution in [0.4, 0.5) is 0 Å². The Labute approximate surface area is 125 Å². The molecule has 0 radical (unpaired) electrons. The fourth-order valence-electron chi connectivity index (χ4n) is 2.72. The van der Waals surface area contributed by atoms with Crippen LogP contribution in [-0.2, 0) is 16.1 Å². The van der Waals surface area contributed by atoms with Crippen LogP contribution in [0.2, 0.25) is 0 Å². The molecular weight excluding hydrogens is 266 g/mol. The Kier molecular flexibility index (Phi) is 5.33. The highest BCUT2D eigenvalue weighted by Gasteiger charge is 2.30. The van der Waals surface area contributed by atoms with E-state index in [9.17, 15) is 9.59 Å². The van der Waals surface area contributed by atoms with Gasteiger partial charge in [-0.15, -0.1) is 0 Å². The van der Waals surface area contributed by atoms with Crippen molar-refractivity contribution in [3.05, 3.63) is 35.9 Å². The van der Waals surface area contributed by atoms with Crippen molar-refractivity contribution in [1.29, 1.82) is 0 Å². The predicted molar refractivity (Wildman–Crippen MR) is 81.3 cm³/mol. The Bertz CT molecular complexity index is 490. The van der Waals surface area contributed by atoms with Crippen molar-refractivity contribution in [3.8, 4) is 0 Å². The Morgan fingerprint density at radius 1 is 1.33 bits per heavy atom. The van der Waals surface area contributed by atoms with E-state index in [2.05, 4.69) is 0 Å².